The van der Waals surface area contributed by atoms with Gasteiger partial charge in [-0.05, 0) is 18.2 Å². The molecule has 1 amide bonds. The number of fused-ring (bicyclic) bond motifs is 1. The fourth-order valence-corrected chi connectivity index (χ4v) is 3.33. The molecule has 2 aromatic heterocycles. The summed E-state index contributed by atoms with van der Waals surface area (Å²) in [5.74, 6) is -0.0540. The maximum Gasteiger partial charge on any atom is 0.282 e. The van der Waals surface area contributed by atoms with Crippen LogP contribution in [0.4, 0.5) is 5.95 Å². The van der Waals surface area contributed by atoms with E-state index in [1.165, 1.54) is 11.3 Å². The van der Waals surface area contributed by atoms with Gasteiger partial charge in [0.1, 0.15) is 4.83 Å². The summed E-state index contributed by atoms with van der Waals surface area (Å²) in [6, 6.07) is 6.86. The van der Waals surface area contributed by atoms with Gasteiger partial charge in [-0.15, -0.1) is 11.3 Å². The lowest BCUT2D eigenvalue weighted by Gasteiger charge is -2.06. The summed E-state index contributed by atoms with van der Waals surface area (Å²) >= 11 is 13.3. The van der Waals surface area contributed by atoms with Gasteiger partial charge in [0, 0.05) is 18.0 Å². The van der Waals surface area contributed by atoms with Gasteiger partial charge < -0.3 is 5.32 Å². The zero-order valence-electron chi connectivity index (χ0n) is 12.2. The second-order valence-electron chi connectivity index (χ2n) is 4.66. The number of aromatic nitrogens is 2. The lowest BCUT2D eigenvalue weighted by atomic mass is 10.1. The third kappa shape index (κ3) is 3.03. The van der Waals surface area contributed by atoms with Crippen LogP contribution < -0.4 is 10.7 Å². The number of anilines is 1. The Morgan fingerprint density at radius 1 is 1.25 bits per heavy atom. The fraction of sp³-hybridized carbons (Fsp3) is 0.0714. The molecule has 0 aliphatic carbocycles. The molecule has 3 rings (SSSR count). The van der Waals surface area contributed by atoms with Crippen molar-refractivity contribution in [3.05, 3.63) is 39.2 Å². The monoisotopic (exact) mass is 380 g/mol. The Balaban J connectivity index is 2.22. The van der Waals surface area contributed by atoms with Crippen molar-refractivity contribution in [3.8, 4) is 11.3 Å². The molecule has 0 saturated carbocycles. The predicted molar refractivity (Wildman–Crippen MR) is 95.0 cm³/mol. The molecule has 0 unspecified atom stereocenters. The smallest absolute Gasteiger partial charge is 0.282 e. The number of nitrogens with one attached hydrogen (secondary N) is 3. The molecule has 0 saturated heterocycles. The average molecular weight is 381 g/mol. The number of thiophene rings is 1. The number of hydrogen-bond acceptors (Lipinski definition) is 7. The van der Waals surface area contributed by atoms with Crippen molar-refractivity contribution < 1.29 is 4.79 Å². The van der Waals surface area contributed by atoms with E-state index in [0.717, 1.165) is 5.56 Å². The molecular weight excluding hydrogens is 371 g/mol. The van der Waals surface area contributed by atoms with Gasteiger partial charge >= 0.3 is 0 Å². The van der Waals surface area contributed by atoms with Gasteiger partial charge in [0.15, 0.2) is 0 Å². The molecule has 0 atom stereocenters. The highest BCUT2D eigenvalue weighted by Crippen LogP contribution is 2.35. The summed E-state index contributed by atoms with van der Waals surface area (Å²) in [6.07, 6.45) is 0. The molecule has 1 aromatic carbocycles. The van der Waals surface area contributed by atoms with Crippen LogP contribution in [0.1, 0.15) is 9.67 Å². The van der Waals surface area contributed by atoms with Crippen LogP contribution in [-0.4, -0.2) is 22.9 Å². The Kier molecular flexibility index (Phi) is 4.61. The van der Waals surface area contributed by atoms with Gasteiger partial charge in [0.25, 0.3) is 5.91 Å². The minimum atomic E-state index is -0.473. The Labute approximate surface area is 150 Å². The molecule has 3 aromatic rings. The van der Waals surface area contributed by atoms with Crippen molar-refractivity contribution in [1.82, 2.24) is 15.4 Å². The van der Waals surface area contributed by atoms with Crippen molar-refractivity contribution in [2.24, 2.45) is 5.22 Å². The summed E-state index contributed by atoms with van der Waals surface area (Å²) in [7, 11) is 1.71. The number of carbonyl (C=O) groups is 1. The van der Waals surface area contributed by atoms with Gasteiger partial charge in [-0.25, -0.2) is 15.4 Å². The van der Waals surface area contributed by atoms with Gasteiger partial charge in [0.2, 0.25) is 5.95 Å². The van der Waals surface area contributed by atoms with E-state index in [1.807, 2.05) is 0 Å². The summed E-state index contributed by atoms with van der Waals surface area (Å²) in [5, 5.41) is 7.35. The van der Waals surface area contributed by atoms with E-state index in [0.29, 0.717) is 36.8 Å². The predicted octanol–water partition coefficient (Wildman–Crippen LogP) is 4.38. The molecule has 0 aliphatic rings. The number of rotatable bonds is 4. The molecule has 3 N–H and O–H groups in total. The largest absolute Gasteiger partial charge is 0.357 e. The number of hydrogen-bond donors (Lipinski definition) is 3. The quantitative estimate of drug-likeness (QED) is 0.461. The van der Waals surface area contributed by atoms with E-state index in [1.54, 1.807) is 31.3 Å². The summed E-state index contributed by atoms with van der Waals surface area (Å²) in [5.41, 5.74) is 10.2. The van der Waals surface area contributed by atoms with Gasteiger partial charge in [0.05, 0.1) is 20.6 Å². The molecule has 2 heterocycles. The molecule has 10 heteroatoms. The molecule has 0 radical (unpaired) electrons. The summed E-state index contributed by atoms with van der Waals surface area (Å²) in [6.45, 7) is 0. The van der Waals surface area contributed by atoms with Crippen LogP contribution >= 0.6 is 34.5 Å². The number of halogens is 2. The Bertz CT molecular complexity index is 958. The SMILES string of the molecule is CNc1nc(-c2ccc(Cl)c(Cl)c2)c2cc(C(=O)NN=N)sc2n1. The first-order valence-electron chi connectivity index (χ1n) is 6.65. The van der Waals surface area contributed by atoms with E-state index in [4.69, 9.17) is 28.7 Å². The van der Waals surface area contributed by atoms with Crippen molar-refractivity contribution in [2.75, 3.05) is 12.4 Å². The van der Waals surface area contributed by atoms with Gasteiger partial charge in [-0.1, -0.05) is 34.5 Å². The van der Waals surface area contributed by atoms with E-state index < -0.39 is 5.91 Å². The summed E-state index contributed by atoms with van der Waals surface area (Å²) < 4.78 is 0. The second-order valence-corrected chi connectivity index (χ2v) is 6.50. The Hall–Kier alpha value is -2.29. The molecule has 0 spiro atoms. The lowest BCUT2D eigenvalue weighted by Crippen LogP contribution is -2.14. The average Bonchev–Trinajstić information content (AvgIpc) is 3.00. The van der Waals surface area contributed by atoms with E-state index in [2.05, 4.69) is 25.9 Å². The highest BCUT2D eigenvalue weighted by Gasteiger charge is 2.17. The molecule has 24 heavy (non-hydrogen) atoms. The molecule has 0 bridgehead atoms. The normalized spacial score (nSPS) is 10.6. The maximum atomic E-state index is 11.9. The van der Waals surface area contributed by atoms with E-state index in [-0.39, 0.29) is 0 Å². The minimum Gasteiger partial charge on any atom is -0.357 e. The molecule has 7 nitrogen and oxygen atoms in total. The van der Waals surface area contributed by atoms with E-state index in [9.17, 15) is 4.79 Å². The highest BCUT2D eigenvalue weighted by molar-refractivity contribution is 7.20. The minimum absolute atomic E-state index is 0.380. The first-order valence-corrected chi connectivity index (χ1v) is 8.22. The van der Waals surface area contributed by atoms with Crippen LogP contribution in [0.3, 0.4) is 0 Å². The third-order valence-electron chi connectivity index (χ3n) is 3.19. The molecule has 122 valence electrons. The van der Waals surface area contributed by atoms with Crippen LogP contribution in [0.5, 0.6) is 0 Å². The van der Waals surface area contributed by atoms with Crippen molar-refractivity contribution in [2.45, 2.75) is 0 Å². The fourth-order valence-electron chi connectivity index (χ4n) is 2.11. The second kappa shape index (κ2) is 6.68. The van der Waals surface area contributed by atoms with Crippen molar-refractivity contribution in [1.29, 1.82) is 5.53 Å². The maximum absolute atomic E-state index is 11.9. The highest BCUT2D eigenvalue weighted by atomic mass is 35.5. The lowest BCUT2D eigenvalue weighted by molar-refractivity contribution is 0.0954. The number of nitrogens with zero attached hydrogens (tertiary/aromatic N) is 3. The number of benzene rings is 1. The summed E-state index contributed by atoms with van der Waals surface area (Å²) in [4.78, 5) is 21.7. The van der Waals surface area contributed by atoms with Crippen molar-refractivity contribution in [3.63, 3.8) is 0 Å². The molecule has 0 aliphatic heterocycles. The zero-order chi connectivity index (χ0) is 17.3. The van der Waals surface area contributed by atoms with Gasteiger partial charge in [-0.3, -0.25) is 4.79 Å². The zero-order valence-corrected chi connectivity index (χ0v) is 14.6. The topological polar surface area (TPSA) is 103 Å². The third-order valence-corrected chi connectivity index (χ3v) is 4.96. The van der Waals surface area contributed by atoms with Crippen molar-refractivity contribution >= 4 is 56.6 Å². The van der Waals surface area contributed by atoms with Gasteiger partial charge in [-0.2, -0.15) is 5.53 Å². The number of amides is 1. The van der Waals surface area contributed by atoms with Crippen LogP contribution in [0, 0.1) is 5.53 Å². The van der Waals surface area contributed by atoms with E-state index >= 15 is 0 Å². The first kappa shape index (κ1) is 16.6. The Morgan fingerprint density at radius 3 is 2.71 bits per heavy atom. The molecule has 0 fully saturated rings. The Morgan fingerprint density at radius 2 is 2.04 bits per heavy atom. The first-order chi connectivity index (χ1) is 11.5. The standard InChI is InChI=1S/C14H10Cl2N6OS/c1-18-14-19-11(6-2-3-8(15)9(16)4-6)7-5-10(12(23)21-22-17)24-13(7)20-14/h2-5H,1H3,(H2,17,21,23)(H,18,19,20). The van der Waals surface area contributed by atoms with Crippen LogP contribution in [0.2, 0.25) is 10.0 Å². The van der Waals surface area contributed by atoms with Crippen LogP contribution in [0.15, 0.2) is 29.5 Å². The molecular formula is C14H10Cl2N6OS. The van der Waals surface area contributed by atoms with Crippen LogP contribution in [-0.2, 0) is 0 Å². The van der Waals surface area contributed by atoms with Crippen LogP contribution in [0.25, 0.3) is 21.5 Å². The number of carbonyl (C=O) groups excluding carboxylic acids is 1.